The molecule has 0 heterocycles. The minimum absolute atomic E-state index is 0.0429. The second-order valence-corrected chi connectivity index (χ2v) is 4.13. The highest BCUT2D eigenvalue weighted by Gasteiger charge is 2.13. The van der Waals surface area contributed by atoms with Crippen molar-refractivity contribution in [3.8, 4) is 0 Å². The molecule has 5 nitrogen and oxygen atoms in total. The van der Waals surface area contributed by atoms with Gasteiger partial charge in [-0.1, -0.05) is 6.07 Å². The molecule has 0 bridgehead atoms. The van der Waals surface area contributed by atoms with Gasteiger partial charge in [0.15, 0.2) is 0 Å². The second-order valence-electron chi connectivity index (χ2n) is 4.13. The summed E-state index contributed by atoms with van der Waals surface area (Å²) in [5.41, 5.74) is 3.26. The van der Waals surface area contributed by atoms with Gasteiger partial charge < -0.3 is 9.64 Å². The van der Waals surface area contributed by atoms with Crippen molar-refractivity contribution in [1.29, 1.82) is 0 Å². The predicted octanol–water partition coefficient (Wildman–Crippen LogP) is 1.51. The van der Waals surface area contributed by atoms with Crippen molar-refractivity contribution in [2.24, 2.45) is 10.8 Å². The third-order valence-electron chi connectivity index (χ3n) is 2.57. The zero-order valence-corrected chi connectivity index (χ0v) is 11.6. The van der Waals surface area contributed by atoms with Gasteiger partial charge in [0.2, 0.25) is 5.96 Å². The fourth-order valence-corrected chi connectivity index (χ4v) is 1.77. The lowest BCUT2D eigenvalue weighted by atomic mass is 10.3. The van der Waals surface area contributed by atoms with E-state index in [0.717, 1.165) is 0 Å². The van der Waals surface area contributed by atoms with E-state index in [1.54, 1.807) is 24.1 Å². The zero-order valence-electron chi connectivity index (χ0n) is 11.6. The highest BCUT2D eigenvalue weighted by molar-refractivity contribution is 5.95. The number of aliphatic imine (C=N–C) groups is 1. The molecule has 1 aromatic carbocycles. The zero-order chi connectivity index (χ0) is 14.3. The molecule has 1 atom stereocenters. The summed E-state index contributed by atoms with van der Waals surface area (Å²) in [5, 5.41) is 0. The molecule has 0 radical (unpaired) electrons. The molecule has 1 unspecified atom stereocenters. The molecule has 0 spiro atoms. The van der Waals surface area contributed by atoms with Crippen molar-refractivity contribution in [3.05, 3.63) is 30.1 Å². The number of benzene rings is 1. The molecule has 0 aliphatic carbocycles. The van der Waals surface area contributed by atoms with Crippen LogP contribution >= 0.6 is 0 Å². The summed E-state index contributed by atoms with van der Waals surface area (Å²) in [5.74, 6) is 5.70. The van der Waals surface area contributed by atoms with Crippen molar-refractivity contribution < 1.29 is 9.13 Å². The van der Waals surface area contributed by atoms with E-state index >= 15 is 0 Å². The highest BCUT2D eigenvalue weighted by Crippen LogP contribution is 2.15. The molecule has 3 N–H and O–H groups in total. The van der Waals surface area contributed by atoms with E-state index < -0.39 is 0 Å². The van der Waals surface area contributed by atoms with Gasteiger partial charge in [0.05, 0.1) is 12.6 Å². The van der Waals surface area contributed by atoms with Crippen LogP contribution in [0.25, 0.3) is 0 Å². The molecule has 0 saturated carbocycles. The number of methoxy groups -OCH3 is 1. The molecular weight excluding hydrogens is 247 g/mol. The van der Waals surface area contributed by atoms with Gasteiger partial charge in [-0.3, -0.25) is 5.43 Å². The van der Waals surface area contributed by atoms with Gasteiger partial charge >= 0.3 is 0 Å². The fourth-order valence-electron chi connectivity index (χ4n) is 1.77. The summed E-state index contributed by atoms with van der Waals surface area (Å²) < 4.78 is 18.3. The quantitative estimate of drug-likeness (QED) is 0.368. The van der Waals surface area contributed by atoms with Gasteiger partial charge in [-0.05, 0) is 32.0 Å². The number of nitrogens with zero attached hydrogens (tertiary/aromatic N) is 2. The molecule has 1 aromatic rings. The Bertz CT molecular complexity index is 425. The van der Waals surface area contributed by atoms with E-state index in [1.165, 1.54) is 12.1 Å². The topological polar surface area (TPSA) is 62.9 Å². The Morgan fingerprint density at radius 1 is 1.58 bits per heavy atom. The van der Waals surface area contributed by atoms with E-state index in [4.69, 9.17) is 10.6 Å². The number of ether oxygens (including phenoxy) is 1. The van der Waals surface area contributed by atoms with Crippen LogP contribution in [-0.2, 0) is 4.74 Å². The van der Waals surface area contributed by atoms with E-state index in [1.807, 2.05) is 13.8 Å². The lowest BCUT2D eigenvalue weighted by Crippen LogP contribution is -2.45. The Morgan fingerprint density at radius 3 is 2.84 bits per heavy atom. The number of hydrazine groups is 1. The molecular formula is C13H21FN4O. The largest absolute Gasteiger partial charge is 0.382 e. The first-order valence-electron chi connectivity index (χ1n) is 6.18. The summed E-state index contributed by atoms with van der Waals surface area (Å²) in [6.45, 7) is 4.97. The molecule has 19 heavy (non-hydrogen) atoms. The number of nitrogens with two attached hydrogens (primary N) is 1. The van der Waals surface area contributed by atoms with Crippen LogP contribution in [0.1, 0.15) is 13.8 Å². The number of anilines is 1. The van der Waals surface area contributed by atoms with Crippen molar-refractivity contribution >= 4 is 11.6 Å². The average molecular weight is 268 g/mol. The first kappa shape index (κ1) is 15.4. The smallest absolute Gasteiger partial charge is 0.213 e. The second kappa shape index (κ2) is 7.70. The lowest BCUT2D eigenvalue weighted by molar-refractivity contribution is 0.185. The van der Waals surface area contributed by atoms with E-state index in [-0.39, 0.29) is 11.9 Å². The van der Waals surface area contributed by atoms with Crippen LogP contribution < -0.4 is 16.2 Å². The summed E-state index contributed by atoms with van der Waals surface area (Å²) in [6, 6.07) is 6.26. The normalized spacial score (nSPS) is 13.2. The Balaban J connectivity index is 2.99. The van der Waals surface area contributed by atoms with Crippen LogP contribution in [0.4, 0.5) is 10.1 Å². The standard InChI is InChI=1S/C13H21FN4O/c1-4-18(12-7-5-6-11(14)8-12)13(17-15)16-10(2)9-19-3/h5-8,10H,4,9,15H2,1-3H3,(H,16,17). The van der Waals surface area contributed by atoms with E-state index in [9.17, 15) is 4.39 Å². The summed E-state index contributed by atoms with van der Waals surface area (Å²) in [4.78, 5) is 6.22. The SMILES string of the molecule is CCN(C(=NC(C)COC)NN)c1cccc(F)c1. The van der Waals surface area contributed by atoms with Crippen LogP contribution in [0.15, 0.2) is 29.3 Å². The maximum absolute atomic E-state index is 13.3. The van der Waals surface area contributed by atoms with Gasteiger partial charge in [0, 0.05) is 19.3 Å². The minimum Gasteiger partial charge on any atom is -0.382 e. The Kier molecular flexibility index (Phi) is 6.24. The predicted molar refractivity (Wildman–Crippen MR) is 75.5 cm³/mol. The maximum atomic E-state index is 13.3. The Hall–Kier alpha value is -1.66. The van der Waals surface area contributed by atoms with E-state index in [0.29, 0.717) is 24.8 Å². The first-order chi connectivity index (χ1) is 9.12. The van der Waals surface area contributed by atoms with Crippen LogP contribution in [0.5, 0.6) is 0 Å². The monoisotopic (exact) mass is 268 g/mol. The number of hydrogen-bond donors (Lipinski definition) is 2. The lowest BCUT2D eigenvalue weighted by Gasteiger charge is -2.25. The van der Waals surface area contributed by atoms with Gasteiger partial charge in [-0.25, -0.2) is 15.2 Å². The van der Waals surface area contributed by atoms with Crippen molar-refractivity contribution in [2.45, 2.75) is 19.9 Å². The Labute approximate surface area is 113 Å². The average Bonchev–Trinajstić information content (AvgIpc) is 2.38. The van der Waals surface area contributed by atoms with Crippen LogP contribution in [0.3, 0.4) is 0 Å². The van der Waals surface area contributed by atoms with Crippen LogP contribution in [0.2, 0.25) is 0 Å². The molecule has 6 heteroatoms. The molecule has 0 fully saturated rings. The number of guanidine groups is 1. The van der Waals surface area contributed by atoms with E-state index in [2.05, 4.69) is 10.4 Å². The van der Waals surface area contributed by atoms with Crippen LogP contribution in [0, 0.1) is 5.82 Å². The third-order valence-corrected chi connectivity index (χ3v) is 2.57. The number of hydrogen-bond acceptors (Lipinski definition) is 3. The fraction of sp³-hybridized carbons (Fsp3) is 0.462. The Morgan fingerprint density at radius 2 is 2.32 bits per heavy atom. The van der Waals surface area contributed by atoms with Crippen LogP contribution in [-0.4, -0.2) is 32.3 Å². The number of rotatable bonds is 5. The summed E-state index contributed by atoms with van der Waals surface area (Å²) in [6.07, 6.45) is 0. The molecule has 0 aromatic heterocycles. The highest BCUT2D eigenvalue weighted by atomic mass is 19.1. The number of nitrogens with one attached hydrogen (secondary N) is 1. The van der Waals surface area contributed by atoms with Gasteiger partial charge in [-0.2, -0.15) is 0 Å². The molecule has 0 aliphatic rings. The van der Waals surface area contributed by atoms with Crippen molar-refractivity contribution in [3.63, 3.8) is 0 Å². The van der Waals surface area contributed by atoms with Crippen molar-refractivity contribution in [1.82, 2.24) is 5.43 Å². The summed E-state index contributed by atoms with van der Waals surface area (Å²) >= 11 is 0. The van der Waals surface area contributed by atoms with Gasteiger partial charge in [0.25, 0.3) is 0 Å². The maximum Gasteiger partial charge on any atom is 0.213 e. The minimum atomic E-state index is -0.294. The third kappa shape index (κ3) is 4.50. The van der Waals surface area contributed by atoms with Crippen molar-refractivity contribution in [2.75, 3.05) is 25.2 Å². The molecule has 0 aliphatic heterocycles. The molecule has 106 valence electrons. The number of halogens is 1. The first-order valence-corrected chi connectivity index (χ1v) is 6.18. The van der Waals surface area contributed by atoms with Gasteiger partial charge in [0.1, 0.15) is 5.82 Å². The van der Waals surface area contributed by atoms with Gasteiger partial charge in [-0.15, -0.1) is 0 Å². The molecule has 1 rings (SSSR count). The molecule has 0 amide bonds. The summed E-state index contributed by atoms with van der Waals surface area (Å²) in [7, 11) is 1.62. The molecule has 0 saturated heterocycles.